The lowest BCUT2D eigenvalue weighted by Gasteiger charge is -2.33. The van der Waals surface area contributed by atoms with Crippen molar-refractivity contribution in [3.05, 3.63) is 58.5 Å². The van der Waals surface area contributed by atoms with Crippen molar-refractivity contribution in [3.63, 3.8) is 0 Å². The molecule has 6 nitrogen and oxygen atoms in total. The van der Waals surface area contributed by atoms with Gasteiger partial charge in [0.25, 0.3) is 11.6 Å². The van der Waals surface area contributed by atoms with E-state index in [9.17, 15) is 14.9 Å². The molecule has 1 heterocycles. The molecule has 1 aromatic heterocycles. The van der Waals surface area contributed by atoms with Gasteiger partial charge in [0, 0.05) is 12.1 Å². The second kappa shape index (κ2) is 6.64. The first kappa shape index (κ1) is 15.3. The predicted molar refractivity (Wildman–Crippen MR) is 85.5 cm³/mol. The van der Waals surface area contributed by atoms with Crippen LogP contribution in [0.1, 0.15) is 42.7 Å². The monoisotopic (exact) mass is 314 g/mol. The van der Waals surface area contributed by atoms with Crippen LogP contribution in [0.25, 0.3) is 0 Å². The zero-order valence-electron chi connectivity index (χ0n) is 12.7. The van der Waals surface area contributed by atoms with Gasteiger partial charge in [-0.2, -0.15) is 0 Å². The summed E-state index contributed by atoms with van der Waals surface area (Å²) in [5.41, 5.74) is 0.281. The number of nitro groups is 1. The number of carbonyl (C=O) groups excluding carboxylic acids is 1. The Balaban J connectivity index is 2.04. The van der Waals surface area contributed by atoms with Crippen molar-refractivity contribution < 1.29 is 14.1 Å². The van der Waals surface area contributed by atoms with Crippen LogP contribution in [0, 0.1) is 10.1 Å². The van der Waals surface area contributed by atoms with Gasteiger partial charge in [0.05, 0.1) is 11.2 Å². The first-order valence-corrected chi connectivity index (χ1v) is 7.79. The number of amides is 1. The quantitative estimate of drug-likeness (QED) is 0.627. The van der Waals surface area contributed by atoms with E-state index >= 15 is 0 Å². The van der Waals surface area contributed by atoms with E-state index < -0.39 is 4.92 Å². The molecule has 1 aliphatic carbocycles. The molecule has 0 N–H and O–H groups in total. The van der Waals surface area contributed by atoms with Crippen LogP contribution in [-0.2, 0) is 0 Å². The number of para-hydroxylation sites is 2. The molecule has 23 heavy (non-hydrogen) atoms. The molecule has 2 aromatic rings. The van der Waals surface area contributed by atoms with Gasteiger partial charge in [-0.15, -0.1) is 0 Å². The third kappa shape index (κ3) is 3.11. The fourth-order valence-electron chi connectivity index (χ4n) is 3.15. The lowest BCUT2D eigenvalue weighted by atomic mass is 9.93. The van der Waals surface area contributed by atoms with E-state index in [1.165, 1.54) is 12.3 Å². The molecule has 0 spiro atoms. The maximum atomic E-state index is 12.9. The van der Waals surface area contributed by atoms with Gasteiger partial charge in [-0.05, 0) is 31.0 Å². The average Bonchev–Trinajstić information content (AvgIpc) is 3.11. The zero-order chi connectivity index (χ0) is 16.2. The van der Waals surface area contributed by atoms with Crippen molar-refractivity contribution in [2.75, 3.05) is 4.90 Å². The molecule has 1 aliphatic rings. The number of nitro benzene ring substituents is 1. The molecule has 1 amide bonds. The maximum absolute atomic E-state index is 12.9. The van der Waals surface area contributed by atoms with E-state index in [2.05, 4.69) is 0 Å². The minimum atomic E-state index is -0.444. The Hall–Kier alpha value is -2.63. The van der Waals surface area contributed by atoms with Crippen molar-refractivity contribution in [2.24, 2.45) is 0 Å². The van der Waals surface area contributed by atoms with Gasteiger partial charge in [-0.3, -0.25) is 19.8 Å². The topological polar surface area (TPSA) is 76.6 Å². The molecule has 6 heteroatoms. The van der Waals surface area contributed by atoms with Crippen LogP contribution < -0.4 is 4.90 Å². The first-order chi connectivity index (χ1) is 11.2. The van der Waals surface area contributed by atoms with E-state index in [0.717, 1.165) is 32.1 Å². The van der Waals surface area contributed by atoms with Crippen LogP contribution >= 0.6 is 0 Å². The second-order valence-corrected chi connectivity index (χ2v) is 5.69. The number of furan rings is 1. The highest BCUT2D eigenvalue weighted by molar-refractivity contribution is 6.05. The number of carbonyl (C=O) groups is 1. The highest BCUT2D eigenvalue weighted by Gasteiger charge is 2.33. The Labute approximate surface area is 133 Å². The summed E-state index contributed by atoms with van der Waals surface area (Å²) in [6.45, 7) is 0. The number of hydrogen-bond donors (Lipinski definition) is 0. The molecule has 1 saturated carbocycles. The highest BCUT2D eigenvalue weighted by Crippen LogP contribution is 2.34. The Kier molecular flexibility index (Phi) is 4.41. The fraction of sp³-hybridized carbons (Fsp3) is 0.353. The van der Waals surface area contributed by atoms with E-state index in [0.29, 0.717) is 5.69 Å². The Morgan fingerprint density at radius 3 is 2.52 bits per heavy atom. The van der Waals surface area contributed by atoms with Gasteiger partial charge in [0.1, 0.15) is 5.69 Å². The lowest BCUT2D eigenvalue weighted by Crippen LogP contribution is -2.42. The number of rotatable bonds is 4. The molecular weight excluding hydrogens is 296 g/mol. The molecule has 0 bridgehead atoms. The van der Waals surface area contributed by atoms with Crippen LogP contribution in [0.15, 0.2) is 47.1 Å². The Morgan fingerprint density at radius 1 is 1.13 bits per heavy atom. The summed E-state index contributed by atoms with van der Waals surface area (Å²) in [6, 6.07) is 9.58. The number of anilines is 1. The van der Waals surface area contributed by atoms with E-state index in [4.69, 9.17) is 4.42 Å². The zero-order valence-corrected chi connectivity index (χ0v) is 12.7. The van der Waals surface area contributed by atoms with Crippen LogP contribution in [0.5, 0.6) is 0 Å². The lowest BCUT2D eigenvalue weighted by molar-refractivity contribution is -0.384. The third-order valence-corrected chi connectivity index (χ3v) is 4.23. The van der Waals surface area contributed by atoms with E-state index in [-0.39, 0.29) is 23.4 Å². The van der Waals surface area contributed by atoms with Crippen LogP contribution in [0.2, 0.25) is 0 Å². The molecule has 120 valence electrons. The van der Waals surface area contributed by atoms with Crippen molar-refractivity contribution in [1.29, 1.82) is 0 Å². The van der Waals surface area contributed by atoms with Gasteiger partial charge in [0.2, 0.25) is 0 Å². The Bertz CT molecular complexity index is 690. The molecule has 0 unspecified atom stereocenters. The van der Waals surface area contributed by atoms with Crippen molar-refractivity contribution in [1.82, 2.24) is 0 Å². The predicted octanol–water partition coefficient (Wildman–Crippen LogP) is 4.17. The smallest absolute Gasteiger partial charge is 0.294 e. The van der Waals surface area contributed by atoms with Crippen LogP contribution in [-0.4, -0.2) is 16.9 Å². The van der Waals surface area contributed by atoms with E-state index in [1.54, 1.807) is 35.2 Å². The minimum Gasteiger partial charge on any atom is -0.459 e. The molecule has 0 aliphatic heterocycles. The summed E-state index contributed by atoms with van der Waals surface area (Å²) in [6.07, 6.45) is 6.30. The summed E-state index contributed by atoms with van der Waals surface area (Å²) >= 11 is 0. The molecule has 1 fully saturated rings. The number of benzene rings is 1. The Morgan fingerprint density at radius 2 is 1.87 bits per heavy atom. The van der Waals surface area contributed by atoms with Crippen LogP contribution in [0.3, 0.4) is 0 Å². The van der Waals surface area contributed by atoms with Crippen molar-refractivity contribution in [3.8, 4) is 0 Å². The third-order valence-electron chi connectivity index (χ3n) is 4.23. The fourth-order valence-corrected chi connectivity index (χ4v) is 3.15. The number of nitrogens with zero attached hydrogens (tertiary/aromatic N) is 2. The largest absolute Gasteiger partial charge is 0.459 e. The highest BCUT2D eigenvalue weighted by atomic mass is 16.6. The van der Waals surface area contributed by atoms with Crippen molar-refractivity contribution >= 4 is 17.3 Å². The average molecular weight is 314 g/mol. The van der Waals surface area contributed by atoms with Gasteiger partial charge >= 0.3 is 0 Å². The standard InChI is InChI=1S/C17H18N2O4/c20-17(16-11-6-12-23-16)18(13-7-2-1-3-8-13)14-9-4-5-10-15(14)19(21)22/h4-6,9-13H,1-3,7-8H2. The normalized spacial score (nSPS) is 15.3. The van der Waals surface area contributed by atoms with Crippen LogP contribution in [0.4, 0.5) is 11.4 Å². The summed E-state index contributed by atoms with van der Waals surface area (Å²) in [7, 11) is 0. The summed E-state index contributed by atoms with van der Waals surface area (Å²) in [4.78, 5) is 25.4. The summed E-state index contributed by atoms with van der Waals surface area (Å²) in [5.74, 6) is -0.120. The SMILES string of the molecule is O=C(c1ccco1)N(c1ccccc1[N+](=O)[O-])C1CCCCC1. The van der Waals surface area contributed by atoms with Gasteiger partial charge in [-0.1, -0.05) is 31.4 Å². The van der Waals surface area contributed by atoms with Gasteiger partial charge < -0.3 is 4.42 Å². The molecule has 3 rings (SSSR count). The van der Waals surface area contributed by atoms with Gasteiger partial charge in [0.15, 0.2) is 5.76 Å². The first-order valence-electron chi connectivity index (χ1n) is 7.79. The minimum absolute atomic E-state index is 0.0394. The number of hydrogen-bond acceptors (Lipinski definition) is 4. The van der Waals surface area contributed by atoms with Gasteiger partial charge in [-0.25, -0.2) is 0 Å². The molecule has 0 radical (unpaired) electrons. The molecule has 0 saturated heterocycles. The molecule has 0 atom stereocenters. The summed E-state index contributed by atoms with van der Waals surface area (Å²) < 4.78 is 5.23. The maximum Gasteiger partial charge on any atom is 0.294 e. The molecule has 1 aromatic carbocycles. The second-order valence-electron chi connectivity index (χ2n) is 5.69. The van der Waals surface area contributed by atoms with E-state index in [1.807, 2.05) is 0 Å². The van der Waals surface area contributed by atoms with Crippen molar-refractivity contribution in [2.45, 2.75) is 38.1 Å². The summed E-state index contributed by atoms with van der Waals surface area (Å²) in [5, 5.41) is 11.4. The molecular formula is C17H18N2O4.